The van der Waals surface area contributed by atoms with Crippen molar-refractivity contribution in [2.45, 2.75) is 46.1 Å². The first kappa shape index (κ1) is 18.4. The summed E-state index contributed by atoms with van der Waals surface area (Å²) in [7, 11) is 0. The number of oxazole rings is 1. The Balaban J connectivity index is 1.46. The quantitative estimate of drug-likeness (QED) is 0.790. The molecule has 2 saturated heterocycles. The third kappa shape index (κ3) is 5.05. The minimum absolute atomic E-state index is 0.0197. The summed E-state index contributed by atoms with van der Waals surface area (Å²) >= 11 is 0. The van der Waals surface area contributed by atoms with E-state index in [4.69, 9.17) is 4.42 Å². The van der Waals surface area contributed by atoms with Crippen molar-refractivity contribution in [3.05, 3.63) is 17.8 Å². The summed E-state index contributed by atoms with van der Waals surface area (Å²) in [6.45, 7) is 12.4. The Labute approximate surface area is 151 Å². The summed E-state index contributed by atoms with van der Waals surface area (Å²) in [5.74, 6) is 1.40. The molecule has 0 spiro atoms. The second-order valence-electron chi connectivity index (χ2n) is 7.57. The maximum absolute atomic E-state index is 12.5. The highest BCUT2D eigenvalue weighted by Gasteiger charge is 2.24. The van der Waals surface area contributed by atoms with Crippen molar-refractivity contribution in [1.29, 1.82) is 0 Å². The molecule has 25 heavy (non-hydrogen) atoms. The van der Waals surface area contributed by atoms with Crippen molar-refractivity contribution in [1.82, 2.24) is 19.7 Å². The fraction of sp³-hybridized carbons (Fsp3) is 0.789. The first-order valence-corrected chi connectivity index (χ1v) is 9.84. The lowest BCUT2D eigenvalue weighted by Crippen LogP contribution is -2.46. The standard InChI is InChI=1S/C19H32N4O2/c1-3-4-7-21-10-12-22(13-11-21)14-18-20-17(15-25-18)19(24)23-8-5-16(2)6-9-23/h15-16H,3-14H2,1-2H3. The average Bonchev–Trinajstić information content (AvgIpc) is 3.10. The second-order valence-corrected chi connectivity index (χ2v) is 7.57. The van der Waals surface area contributed by atoms with Crippen LogP contribution in [0.2, 0.25) is 0 Å². The van der Waals surface area contributed by atoms with Crippen molar-refractivity contribution in [2.75, 3.05) is 45.8 Å². The Hall–Kier alpha value is -1.40. The van der Waals surface area contributed by atoms with Gasteiger partial charge in [0, 0.05) is 39.3 Å². The zero-order valence-corrected chi connectivity index (χ0v) is 15.7. The van der Waals surface area contributed by atoms with Gasteiger partial charge in [0.15, 0.2) is 5.69 Å². The van der Waals surface area contributed by atoms with Gasteiger partial charge in [-0.3, -0.25) is 9.69 Å². The highest BCUT2D eigenvalue weighted by molar-refractivity contribution is 5.92. The Bertz CT molecular complexity index is 543. The monoisotopic (exact) mass is 348 g/mol. The average molecular weight is 348 g/mol. The van der Waals surface area contributed by atoms with Crippen LogP contribution >= 0.6 is 0 Å². The molecule has 0 saturated carbocycles. The summed E-state index contributed by atoms with van der Waals surface area (Å²) in [5.41, 5.74) is 0.464. The lowest BCUT2D eigenvalue weighted by molar-refractivity contribution is 0.0691. The predicted octanol–water partition coefficient (Wildman–Crippen LogP) is 2.46. The second kappa shape index (κ2) is 8.81. The molecule has 0 aliphatic carbocycles. The lowest BCUT2D eigenvalue weighted by Gasteiger charge is -2.33. The fourth-order valence-corrected chi connectivity index (χ4v) is 3.60. The molecule has 0 aromatic carbocycles. The number of carbonyl (C=O) groups is 1. The first-order chi connectivity index (χ1) is 12.2. The third-order valence-electron chi connectivity index (χ3n) is 5.49. The number of unbranched alkanes of at least 4 members (excludes halogenated alkanes) is 1. The van der Waals surface area contributed by atoms with Gasteiger partial charge >= 0.3 is 0 Å². The summed E-state index contributed by atoms with van der Waals surface area (Å²) in [6, 6.07) is 0. The Morgan fingerprint density at radius 2 is 1.84 bits per heavy atom. The molecule has 1 aromatic rings. The number of rotatable bonds is 6. The van der Waals surface area contributed by atoms with Crippen LogP contribution in [0.5, 0.6) is 0 Å². The highest BCUT2D eigenvalue weighted by atomic mass is 16.3. The molecule has 3 heterocycles. The van der Waals surface area contributed by atoms with Crippen LogP contribution in [0.25, 0.3) is 0 Å². The van der Waals surface area contributed by atoms with Crippen LogP contribution in [0.3, 0.4) is 0 Å². The summed E-state index contributed by atoms with van der Waals surface area (Å²) in [4.78, 5) is 23.8. The molecule has 2 fully saturated rings. The zero-order valence-electron chi connectivity index (χ0n) is 15.7. The van der Waals surface area contributed by atoms with Crippen LogP contribution < -0.4 is 0 Å². The number of likely N-dealkylation sites (tertiary alicyclic amines) is 1. The van der Waals surface area contributed by atoms with E-state index in [2.05, 4.69) is 28.6 Å². The van der Waals surface area contributed by atoms with E-state index in [1.165, 1.54) is 25.6 Å². The number of aromatic nitrogens is 1. The van der Waals surface area contributed by atoms with E-state index < -0.39 is 0 Å². The van der Waals surface area contributed by atoms with Gasteiger partial charge in [0.2, 0.25) is 5.89 Å². The Morgan fingerprint density at radius 3 is 2.52 bits per heavy atom. The number of piperazine rings is 1. The van der Waals surface area contributed by atoms with Crippen LogP contribution in [-0.4, -0.2) is 71.4 Å². The van der Waals surface area contributed by atoms with Crippen molar-refractivity contribution in [3.63, 3.8) is 0 Å². The third-order valence-corrected chi connectivity index (χ3v) is 5.49. The molecular formula is C19H32N4O2. The highest BCUT2D eigenvalue weighted by Crippen LogP contribution is 2.18. The number of amides is 1. The summed E-state index contributed by atoms with van der Waals surface area (Å²) in [5, 5.41) is 0. The molecule has 140 valence electrons. The molecule has 2 aliphatic heterocycles. The molecular weight excluding hydrogens is 316 g/mol. The predicted molar refractivity (Wildman–Crippen MR) is 97.4 cm³/mol. The van der Waals surface area contributed by atoms with Crippen LogP contribution in [-0.2, 0) is 6.54 Å². The minimum Gasteiger partial charge on any atom is -0.447 e. The lowest BCUT2D eigenvalue weighted by atomic mass is 9.99. The van der Waals surface area contributed by atoms with E-state index in [1.54, 1.807) is 0 Å². The molecule has 0 radical (unpaired) electrons. The molecule has 1 aromatic heterocycles. The van der Waals surface area contributed by atoms with Crippen LogP contribution in [0, 0.1) is 5.92 Å². The summed E-state index contributed by atoms with van der Waals surface area (Å²) in [6.07, 6.45) is 6.23. The Kier molecular flexibility index (Phi) is 6.48. The number of hydrogen-bond acceptors (Lipinski definition) is 5. The number of carbonyl (C=O) groups excluding carboxylic acids is 1. The number of hydrogen-bond donors (Lipinski definition) is 0. The molecule has 6 heteroatoms. The van der Waals surface area contributed by atoms with E-state index in [0.29, 0.717) is 24.0 Å². The smallest absolute Gasteiger partial charge is 0.275 e. The van der Waals surface area contributed by atoms with Gasteiger partial charge < -0.3 is 14.2 Å². The molecule has 2 aliphatic rings. The first-order valence-electron chi connectivity index (χ1n) is 9.84. The van der Waals surface area contributed by atoms with Gasteiger partial charge in [-0.05, 0) is 31.7 Å². The van der Waals surface area contributed by atoms with Gasteiger partial charge in [0.1, 0.15) is 6.26 Å². The SMILES string of the molecule is CCCCN1CCN(Cc2nc(C(=O)N3CCC(C)CC3)co2)CC1. The molecule has 0 atom stereocenters. The van der Waals surface area contributed by atoms with Gasteiger partial charge in [-0.2, -0.15) is 0 Å². The van der Waals surface area contributed by atoms with Gasteiger partial charge in [-0.25, -0.2) is 4.98 Å². The maximum Gasteiger partial charge on any atom is 0.275 e. The van der Waals surface area contributed by atoms with E-state index in [0.717, 1.165) is 52.1 Å². The van der Waals surface area contributed by atoms with Crippen molar-refractivity contribution < 1.29 is 9.21 Å². The maximum atomic E-state index is 12.5. The van der Waals surface area contributed by atoms with Crippen LogP contribution in [0.15, 0.2) is 10.7 Å². The minimum atomic E-state index is 0.0197. The van der Waals surface area contributed by atoms with Crippen molar-refractivity contribution >= 4 is 5.91 Å². The number of piperidine rings is 1. The fourth-order valence-electron chi connectivity index (χ4n) is 3.60. The molecule has 1 amide bonds. The van der Waals surface area contributed by atoms with E-state index in [1.807, 2.05) is 4.90 Å². The molecule has 0 unspecified atom stereocenters. The van der Waals surface area contributed by atoms with Gasteiger partial charge in [0.25, 0.3) is 5.91 Å². The van der Waals surface area contributed by atoms with Crippen LogP contribution in [0.1, 0.15) is 55.9 Å². The van der Waals surface area contributed by atoms with Gasteiger partial charge in [0.05, 0.1) is 6.54 Å². The normalized spacial score (nSPS) is 21.0. The van der Waals surface area contributed by atoms with Crippen molar-refractivity contribution in [2.24, 2.45) is 5.92 Å². The number of nitrogens with zero attached hydrogens (tertiary/aromatic N) is 4. The van der Waals surface area contributed by atoms with E-state index >= 15 is 0 Å². The van der Waals surface area contributed by atoms with Gasteiger partial charge in [-0.15, -0.1) is 0 Å². The van der Waals surface area contributed by atoms with E-state index in [9.17, 15) is 4.79 Å². The molecule has 0 bridgehead atoms. The topological polar surface area (TPSA) is 52.8 Å². The zero-order chi connectivity index (χ0) is 17.6. The molecule has 0 N–H and O–H groups in total. The van der Waals surface area contributed by atoms with Gasteiger partial charge in [-0.1, -0.05) is 20.3 Å². The largest absolute Gasteiger partial charge is 0.447 e. The van der Waals surface area contributed by atoms with E-state index in [-0.39, 0.29) is 5.91 Å². The summed E-state index contributed by atoms with van der Waals surface area (Å²) < 4.78 is 5.58. The molecule has 6 nitrogen and oxygen atoms in total. The van der Waals surface area contributed by atoms with Crippen molar-refractivity contribution in [3.8, 4) is 0 Å². The Morgan fingerprint density at radius 1 is 1.16 bits per heavy atom. The molecule has 3 rings (SSSR count). The van der Waals surface area contributed by atoms with Crippen LogP contribution in [0.4, 0.5) is 0 Å².